The van der Waals surface area contributed by atoms with Crippen LogP contribution in [0.15, 0.2) is 109 Å². The number of ether oxygens (including phenoxy) is 1. The number of quaternary nitrogens is 1. The highest BCUT2D eigenvalue weighted by Crippen LogP contribution is 2.43. The van der Waals surface area contributed by atoms with Crippen LogP contribution < -0.4 is 5.32 Å². The van der Waals surface area contributed by atoms with Gasteiger partial charge in [-0.05, 0) is 83.1 Å². The lowest BCUT2D eigenvalue weighted by Crippen LogP contribution is -2.47. The van der Waals surface area contributed by atoms with Crippen LogP contribution in [0.1, 0.15) is 245 Å². The van der Waals surface area contributed by atoms with Gasteiger partial charge in [-0.15, -0.1) is 0 Å². The number of hydrogen-bond acceptors (Lipinski definition) is 6. The van der Waals surface area contributed by atoms with Gasteiger partial charge in [0.25, 0.3) is 0 Å². The number of rotatable bonds is 54. The fourth-order valence-electron chi connectivity index (χ4n) is 8.35. The molecule has 0 aliphatic rings. The van der Waals surface area contributed by atoms with Gasteiger partial charge in [0.05, 0.1) is 33.8 Å². The summed E-state index contributed by atoms with van der Waals surface area (Å²) in [5.74, 6) is -0.563. The third-order valence-electron chi connectivity index (χ3n) is 13.1. The van der Waals surface area contributed by atoms with Crippen molar-refractivity contribution in [1.29, 1.82) is 0 Å². The molecule has 0 saturated heterocycles. The number of phosphoric acid groups is 1. The molecule has 0 rings (SSSR count). The number of carbonyl (C=O) groups excluding carboxylic acids is 2. The first-order valence-corrected chi connectivity index (χ1v) is 32.3. The Balaban J connectivity index is 5.33. The lowest BCUT2D eigenvalue weighted by molar-refractivity contribution is -0.870. The zero-order valence-corrected chi connectivity index (χ0v) is 50.6. The van der Waals surface area contributed by atoms with E-state index in [9.17, 15) is 19.0 Å². The van der Waals surface area contributed by atoms with Gasteiger partial charge < -0.3 is 19.4 Å². The fourth-order valence-corrected chi connectivity index (χ4v) is 9.09. The summed E-state index contributed by atoms with van der Waals surface area (Å²) < 4.78 is 30.7. The van der Waals surface area contributed by atoms with E-state index in [4.69, 9.17) is 13.8 Å². The van der Waals surface area contributed by atoms with Crippen molar-refractivity contribution in [2.75, 3.05) is 40.9 Å². The summed E-state index contributed by atoms with van der Waals surface area (Å²) in [5, 5.41) is 3.03. The lowest BCUT2D eigenvalue weighted by Gasteiger charge is -2.27. The highest BCUT2D eigenvalue weighted by Gasteiger charge is 2.30. The van der Waals surface area contributed by atoms with E-state index in [0.29, 0.717) is 17.4 Å². The Bertz CT molecular complexity index is 1670. The Hall–Kier alpha value is -3.33. The zero-order chi connectivity index (χ0) is 55.7. The van der Waals surface area contributed by atoms with Crippen LogP contribution in [0.4, 0.5) is 0 Å². The van der Waals surface area contributed by atoms with Crippen molar-refractivity contribution in [1.82, 2.24) is 5.32 Å². The molecule has 76 heavy (non-hydrogen) atoms. The molecule has 0 aromatic rings. The molecule has 10 heteroatoms. The Labute approximate surface area is 468 Å². The second-order valence-electron chi connectivity index (χ2n) is 21.6. The molecule has 9 nitrogen and oxygen atoms in total. The topological polar surface area (TPSA) is 111 Å². The number of amides is 1. The number of nitrogens with one attached hydrogen (secondary N) is 1. The van der Waals surface area contributed by atoms with Gasteiger partial charge in [0.1, 0.15) is 19.3 Å². The minimum absolute atomic E-state index is 0.0253. The normalized spacial score (nSPS) is 14.5. The van der Waals surface area contributed by atoms with Crippen LogP contribution in [0.25, 0.3) is 0 Å². The zero-order valence-electron chi connectivity index (χ0n) is 49.7. The van der Waals surface area contributed by atoms with Crippen LogP contribution in [-0.4, -0.2) is 74.3 Å². The van der Waals surface area contributed by atoms with E-state index in [-0.39, 0.29) is 37.9 Å². The summed E-state index contributed by atoms with van der Waals surface area (Å²) in [6.07, 6.45) is 75.1. The van der Waals surface area contributed by atoms with Crippen molar-refractivity contribution >= 4 is 19.7 Å². The molecular weight excluding hydrogens is 964 g/mol. The summed E-state index contributed by atoms with van der Waals surface area (Å²) in [5.41, 5.74) is 0. The quantitative estimate of drug-likeness (QED) is 0.0156. The molecule has 0 saturated carbocycles. The first-order valence-electron chi connectivity index (χ1n) is 30.8. The minimum Gasteiger partial charge on any atom is -0.456 e. The average molecular weight is 1080 g/mol. The number of nitrogens with zero attached hydrogens (tertiary/aromatic N) is 1. The predicted molar refractivity (Wildman–Crippen MR) is 327 cm³/mol. The van der Waals surface area contributed by atoms with Gasteiger partial charge in [0, 0.05) is 12.8 Å². The Morgan fingerprint density at radius 2 is 0.895 bits per heavy atom. The van der Waals surface area contributed by atoms with Crippen molar-refractivity contribution in [3.05, 3.63) is 109 Å². The summed E-state index contributed by atoms with van der Waals surface area (Å²) in [6.45, 7) is 6.80. The fraction of sp³-hybridized carbons (Fsp3) is 0.697. The molecule has 0 aromatic heterocycles. The second kappa shape index (κ2) is 55.0. The number of esters is 1. The van der Waals surface area contributed by atoms with Crippen LogP contribution >= 0.6 is 7.82 Å². The smallest absolute Gasteiger partial charge is 0.456 e. The Morgan fingerprint density at radius 3 is 1.41 bits per heavy atom. The maximum atomic E-state index is 13.5. The summed E-state index contributed by atoms with van der Waals surface area (Å²) >= 11 is 0. The van der Waals surface area contributed by atoms with E-state index in [2.05, 4.69) is 62.5 Å². The highest BCUT2D eigenvalue weighted by molar-refractivity contribution is 7.47. The summed E-state index contributed by atoms with van der Waals surface area (Å²) in [6, 6.07) is -0.879. The SMILES string of the molecule is CC\C=C/C=C/C=C/C=C\C=C\C=C\CCCCCC(=O)NC(COP(=O)(O)OCC[N+](C)(C)C)C(/C=C/CCCCCCCCCCCC)OC(=O)CCCCCCCCCCCCC/C=C\C/C=C\CCCCC. The van der Waals surface area contributed by atoms with Gasteiger partial charge in [0.15, 0.2) is 0 Å². The van der Waals surface area contributed by atoms with Crippen molar-refractivity contribution in [3.63, 3.8) is 0 Å². The van der Waals surface area contributed by atoms with Gasteiger partial charge in [-0.25, -0.2) is 4.57 Å². The van der Waals surface area contributed by atoms with E-state index in [1.54, 1.807) is 0 Å². The molecule has 3 unspecified atom stereocenters. The molecule has 0 aromatic carbocycles. The number of hydrogen-bond donors (Lipinski definition) is 2. The van der Waals surface area contributed by atoms with E-state index in [0.717, 1.165) is 70.6 Å². The van der Waals surface area contributed by atoms with Crippen LogP contribution in [0.5, 0.6) is 0 Å². The van der Waals surface area contributed by atoms with E-state index >= 15 is 0 Å². The number of carbonyl (C=O) groups is 2. The van der Waals surface area contributed by atoms with Crippen molar-refractivity contribution in [2.24, 2.45) is 0 Å². The van der Waals surface area contributed by atoms with Gasteiger partial charge in [-0.1, -0.05) is 259 Å². The first kappa shape index (κ1) is 72.7. The average Bonchev–Trinajstić information content (AvgIpc) is 3.38. The Kier molecular flexibility index (Phi) is 52.6. The molecule has 0 aliphatic carbocycles. The van der Waals surface area contributed by atoms with Gasteiger partial charge >= 0.3 is 13.8 Å². The molecule has 1 amide bonds. The maximum absolute atomic E-state index is 13.5. The van der Waals surface area contributed by atoms with Crippen LogP contribution in [0.3, 0.4) is 0 Å². The van der Waals surface area contributed by atoms with E-state index < -0.39 is 20.0 Å². The molecule has 0 heterocycles. The Morgan fingerprint density at radius 1 is 0.487 bits per heavy atom. The largest absolute Gasteiger partial charge is 0.472 e. The van der Waals surface area contributed by atoms with Crippen LogP contribution in [0, 0.1) is 0 Å². The molecular formula is C66H116N2O7P+. The summed E-state index contributed by atoms with van der Waals surface area (Å²) in [7, 11) is 1.45. The second-order valence-corrected chi connectivity index (χ2v) is 23.1. The van der Waals surface area contributed by atoms with Crippen molar-refractivity contribution in [3.8, 4) is 0 Å². The van der Waals surface area contributed by atoms with E-state index in [1.165, 1.54) is 135 Å². The van der Waals surface area contributed by atoms with Crippen molar-refractivity contribution < 1.29 is 37.3 Å². The van der Waals surface area contributed by atoms with Crippen LogP contribution in [-0.2, 0) is 27.9 Å². The van der Waals surface area contributed by atoms with Crippen molar-refractivity contribution in [2.45, 2.75) is 258 Å². The molecule has 3 atom stereocenters. The molecule has 0 bridgehead atoms. The third kappa shape index (κ3) is 55.4. The minimum atomic E-state index is -4.47. The first-order chi connectivity index (χ1) is 36.9. The molecule has 0 radical (unpaired) electrons. The molecule has 0 spiro atoms. The van der Waals surface area contributed by atoms with Gasteiger partial charge in [-0.3, -0.25) is 18.6 Å². The summed E-state index contributed by atoms with van der Waals surface area (Å²) in [4.78, 5) is 37.7. The molecule has 2 N–H and O–H groups in total. The van der Waals surface area contributed by atoms with Gasteiger partial charge in [-0.2, -0.15) is 0 Å². The number of likely N-dealkylation sites (N-methyl/N-ethyl adjacent to an activating group) is 1. The highest BCUT2D eigenvalue weighted by atomic mass is 31.2. The monoisotopic (exact) mass is 1080 g/mol. The lowest BCUT2D eigenvalue weighted by atomic mass is 10.0. The molecule has 0 aliphatic heterocycles. The number of unbranched alkanes of at least 4 members (excludes halogenated alkanes) is 27. The molecule has 0 fully saturated rings. The maximum Gasteiger partial charge on any atom is 0.472 e. The number of allylic oxidation sites excluding steroid dienone is 17. The molecule has 436 valence electrons. The number of phosphoric ester groups is 1. The van der Waals surface area contributed by atoms with Gasteiger partial charge in [0.2, 0.25) is 5.91 Å². The third-order valence-corrected chi connectivity index (χ3v) is 14.1. The predicted octanol–water partition coefficient (Wildman–Crippen LogP) is 18.9. The standard InChI is InChI=1S/C66H115N2O7P/c1-7-10-13-16-19-22-25-28-30-32-33-34-35-37-39-41-44-47-50-53-56-59-66(70)75-64(57-54-51-48-45-42-27-24-21-18-15-12-9-3)63(62-74-76(71,72)73-61-60-68(4,5)6)67-65(69)58-55-52-49-46-43-40-38-36-31-29-26-23-20-17-14-11-8-2/h11,14,17,19-20,22-23,26,28-31,36,38,40,43,54,57,63-64H,7-10,12-13,15-16,18,21,24-25,27,32-35,37,39,41-42,44-53,55-56,58-62H2,1-6H3,(H-,67,69,71,72)/p+1/b14-11-,20-17+,22-19-,26-23+,30-28-,31-29-,38-36+,43-40+,57-54+. The van der Waals surface area contributed by atoms with E-state index in [1.807, 2.05) is 94.1 Å². The van der Waals surface area contributed by atoms with Crippen LogP contribution in [0.2, 0.25) is 0 Å².